The Balaban J connectivity index is 1.41. The van der Waals surface area contributed by atoms with E-state index < -0.39 is 5.60 Å². The molecule has 1 N–H and O–H groups in total. The zero-order valence-electron chi connectivity index (χ0n) is 23.7. The third-order valence-electron chi connectivity index (χ3n) is 7.05. The summed E-state index contributed by atoms with van der Waals surface area (Å²) in [4.78, 5) is 44.3. The van der Waals surface area contributed by atoms with Crippen molar-refractivity contribution in [2.45, 2.75) is 71.7 Å². The van der Waals surface area contributed by atoms with Crippen LogP contribution in [-0.4, -0.2) is 69.4 Å². The number of aromatic nitrogens is 2. The number of likely N-dealkylation sites (tertiary alicyclic amines) is 1. The maximum Gasteiger partial charge on any atom is 0.410 e. The van der Waals surface area contributed by atoms with Crippen LogP contribution in [0.15, 0.2) is 41.4 Å². The smallest absolute Gasteiger partial charge is 0.410 e. The van der Waals surface area contributed by atoms with Gasteiger partial charge in [0, 0.05) is 30.0 Å². The third-order valence-corrected chi connectivity index (χ3v) is 8.07. The first-order valence-corrected chi connectivity index (χ1v) is 14.4. The van der Waals surface area contributed by atoms with Crippen molar-refractivity contribution < 1.29 is 14.3 Å². The number of hydrogen-bond acceptors (Lipinski definition) is 7. The number of hydrogen-bond donors (Lipinski definition) is 1. The highest BCUT2D eigenvalue weighted by Crippen LogP contribution is 2.40. The lowest BCUT2D eigenvalue weighted by Gasteiger charge is -2.41. The lowest BCUT2D eigenvalue weighted by Crippen LogP contribution is -2.58. The number of amides is 3. The second-order valence-electron chi connectivity index (χ2n) is 11.5. The summed E-state index contributed by atoms with van der Waals surface area (Å²) in [7, 11) is 0. The van der Waals surface area contributed by atoms with E-state index in [9.17, 15) is 9.59 Å². The number of thiazole rings is 1. The summed E-state index contributed by atoms with van der Waals surface area (Å²) in [5, 5.41) is 3.61. The number of carbonyl (C=O) groups excluding carboxylic acids is 2. The SMILES string of the molecule is C=NCc1cccc(-c2nc(NC(=O)N3C4CCC3CN(C(=O)OC(C)(C)C)C4)sc2-c2cc(C)nc(C)c2)c1. The second kappa shape index (κ2) is 11.0. The highest BCUT2D eigenvalue weighted by molar-refractivity contribution is 7.19. The quantitative estimate of drug-likeness (QED) is 0.369. The van der Waals surface area contributed by atoms with Crippen LogP contribution in [0.25, 0.3) is 21.7 Å². The number of aliphatic imine (C=N–C) groups is 1. The molecule has 2 aliphatic rings. The molecule has 2 unspecified atom stereocenters. The molecule has 0 saturated carbocycles. The van der Waals surface area contributed by atoms with Crippen LogP contribution in [-0.2, 0) is 11.3 Å². The molecule has 2 bridgehead atoms. The van der Waals surface area contributed by atoms with Crippen LogP contribution < -0.4 is 5.32 Å². The zero-order valence-corrected chi connectivity index (χ0v) is 24.5. The molecule has 9 nitrogen and oxygen atoms in total. The first-order chi connectivity index (χ1) is 19.0. The van der Waals surface area contributed by atoms with Crippen molar-refractivity contribution in [1.29, 1.82) is 0 Å². The summed E-state index contributed by atoms with van der Waals surface area (Å²) in [6.07, 6.45) is 1.38. The minimum Gasteiger partial charge on any atom is -0.444 e. The van der Waals surface area contributed by atoms with Gasteiger partial charge in [-0.05, 0) is 83.5 Å². The van der Waals surface area contributed by atoms with Gasteiger partial charge in [0.2, 0.25) is 0 Å². The number of piperazine rings is 1. The summed E-state index contributed by atoms with van der Waals surface area (Å²) >= 11 is 1.45. The number of benzene rings is 1. The fraction of sp³-hybridized carbons (Fsp3) is 0.433. The second-order valence-corrected chi connectivity index (χ2v) is 12.5. The van der Waals surface area contributed by atoms with Crippen molar-refractivity contribution in [3.8, 4) is 21.7 Å². The number of carbonyl (C=O) groups is 2. The van der Waals surface area contributed by atoms with Gasteiger partial charge in [-0.25, -0.2) is 14.6 Å². The van der Waals surface area contributed by atoms with Gasteiger partial charge in [-0.15, -0.1) is 0 Å². The highest BCUT2D eigenvalue weighted by Gasteiger charge is 2.45. The van der Waals surface area contributed by atoms with E-state index in [0.717, 1.165) is 51.5 Å². The van der Waals surface area contributed by atoms with Crippen LogP contribution >= 0.6 is 11.3 Å². The molecule has 0 radical (unpaired) electrons. The fourth-order valence-electron chi connectivity index (χ4n) is 5.54. The Labute approximate surface area is 239 Å². The van der Waals surface area contributed by atoms with Crippen LogP contribution in [0.1, 0.15) is 50.6 Å². The molecule has 2 fully saturated rings. The van der Waals surface area contributed by atoms with Gasteiger partial charge < -0.3 is 14.5 Å². The van der Waals surface area contributed by atoms with E-state index in [2.05, 4.69) is 28.1 Å². The topological polar surface area (TPSA) is 100 Å². The lowest BCUT2D eigenvalue weighted by atomic mass is 10.0. The van der Waals surface area contributed by atoms with Crippen molar-refractivity contribution >= 4 is 35.3 Å². The molecule has 0 spiro atoms. The predicted molar refractivity (Wildman–Crippen MR) is 159 cm³/mol. The third kappa shape index (κ3) is 6.01. The van der Waals surface area contributed by atoms with E-state index in [1.807, 2.05) is 69.9 Å². The van der Waals surface area contributed by atoms with Crippen LogP contribution in [0.2, 0.25) is 0 Å². The van der Waals surface area contributed by atoms with E-state index >= 15 is 0 Å². The Morgan fingerprint density at radius 2 is 1.75 bits per heavy atom. The van der Waals surface area contributed by atoms with E-state index in [0.29, 0.717) is 24.8 Å². The summed E-state index contributed by atoms with van der Waals surface area (Å²) in [5.41, 5.74) is 5.08. The molecule has 4 heterocycles. The molecule has 2 saturated heterocycles. The minimum absolute atomic E-state index is 0.0567. The van der Waals surface area contributed by atoms with Crippen LogP contribution in [0, 0.1) is 13.8 Å². The van der Waals surface area contributed by atoms with Crippen molar-refractivity contribution in [2.75, 3.05) is 18.4 Å². The average molecular weight is 561 g/mol. The monoisotopic (exact) mass is 560 g/mol. The average Bonchev–Trinajstić information content (AvgIpc) is 3.40. The molecular weight excluding hydrogens is 524 g/mol. The number of rotatable bonds is 5. The van der Waals surface area contributed by atoms with Crippen LogP contribution in [0.4, 0.5) is 14.7 Å². The summed E-state index contributed by atoms with van der Waals surface area (Å²) in [5.74, 6) is 0. The Bertz CT molecular complexity index is 1410. The molecule has 2 atom stereocenters. The summed E-state index contributed by atoms with van der Waals surface area (Å²) in [6.45, 7) is 14.6. The Kier molecular flexibility index (Phi) is 7.63. The largest absolute Gasteiger partial charge is 0.444 e. The number of aryl methyl sites for hydroxylation is 2. The van der Waals surface area contributed by atoms with Gasteiger partial charge in [0.1, 0.15) is 5.60 Å². The Morgan fingerprint density at radius 3 is 2.38 bits per heavy atom. The molecule has 210 valence electrons. The number of pyridine rings is 1. The number of anilines is 1. The van der Waals surface area contributed by atoms with Gasteiger partial charge >= 0.3 is 12.1 Å². The molecule has 10 heteroatoms. The molecule has 3 aromatic rings. The van der Waals surface area contributed by atoms with Crippen molar-refractivity contribution in [3.05, 3.63) is 53.3 Å². The maximum atomic E-state index is 13.6. The van der Waals surface area contributed by atoms with Gasteiger partial charge in [-0.1, -0.05) is 29.5 Å². The molecular formula is C30H36N6O3S. The van der Waals surface area contributed by atoms with E-state index in [1.54, 1.807) is 4.90 Å². The summed E-state index contributed by atoms with van der Waals surface area (Å²) < 4.78 is 5.58. The normalized spacial score (nSPS) is 18.5. The molecule has 5 rings (SSSR count). The maximum absolute atomic E-state index is 13.6. The van der Waals surface area contributed by atoms with Gasteiger partial charge in [-0.3, -0.25) is 15.3 Å². The van der Waals surface area contributed by atoms with E-state index in [4.69, 9.17) is 9.72 Å². The predicted octanol–water partition coefficient (Wildman–Crippen LogP) is 6.31. The van der Waals surface area contributed by atoms with Gasteiger partial charge in [0.25, 0.3) is 0 Å². The number of ether oxygens (including phenoxy) is 1. The standard InChI is InChI=1S/C30H36N6O3S/c1-18-12-22(13-19(2)32-18)26-25(21-9-7-8-20(14-21)15-31-6)33-27(40-26)34-28(37)36-23-10-11-24(36)17-35(16-23)29(38)39-30(3,4)5/h7-9,12-14,23-24H,6,10-11,15-17H2,1-5H3,(H,33,34,37). The minimum atomic E-state index is -0.557. The molecule has 40 heavy (non-hydrogen) atoms. The van der Waals surface area contributed by atoms with Crippen LogP contribution in [0.3, 0.4) is 0 Å². The van der Waals surface area contributed by atoms with Crippen LogP contribution in [0.5, 0.6) is 0 Å². The van der Waals surface area contributed by atoms with Gasteiger partial charge in [0.05, 0.1) is 29.2 Å². The number of urea groups is 1. The van der Waals surface area contributed by atoms with Gasteiger partial charge in [-0.2, -0.15) is 0 Å². The molecule has 0 aliphatic carbocycles. The van der Waals surface area contributed by atoms with E-state index in [-0.39, 0.29) is 24.2 Å². The lowest BCUT2D eigenvalue weighted by molar-refractivity contribution is 0.00820. The Morgan fingerprint density at radius 1 is 1.07 bits per heavy atom. The molecule has 3 amide bonds. The first-order valence-electron chi connectivity index (χ1n) is 13.6. The fourth-order valence-corrected chi connectivity index (χ4v) is 6.51. The Hall–Kier alpha value is -3.79. The van der Waals surface area contributed by atoms with Crippen molar-refractivity contribution in [3.63, 3.8) is 0 Å². The zero-order chi connectivity index (χ0) is 28.6. The first kappa shape index (κ1) is 27.8. The molecule has 2 aliphatic heterocycles. The van der Waals surface area contributed by atoms with Gasteiger partial charge in [0.15, 0.2) is 5.13 Å². The molecule has 2 aromatic heterocycles. The van der Waals surface area contributed by atoms with E-state index in [1.165, 1.54) is 11.3 Å². The number of fused-ring (bicyclic) bond motifs is 2. The number of nitrogens with zero attached hydrogens (tertiary/aromatic N) is 5. The summed E-state index contributed by atoms with van der Waals surface area (Å²) in [6, 6.07) is 11.9. The van der Waals surface area contributed by atoms with Crippen molar-refractivity contribution in [2.24, 2.45) is 4.99 Å². The highest BCUT2D eigenvalue weighted by atomic mass is 32.1. The van der Waals surface area contributed by atoms with Crippen molar-refractivity contribution in [1.82, 2.24) is 19.8 Å². The number of nitrogens with one attached hydrogen (secondary N) is 1. The molecule has 1 aromatic carbocycles.